The molecule has 0 unspecified atom stereocenters. The van der Waals surface area contributed by atoms with Crippen LogP contribution in [0.2, 0.25) is 0 Å². The summed E-state index contributed by atoms with van der Waals surface area (Å²) >= 11 is 0. The summed E-state index contributed by atoms with van der Waals surface area (Å²) in [5.74, 6) is 0.144. The van der Waals surface area contributed by atoms with Gasteiger partial charge in [0.05, 0.1) is 23.9 Å². The number of aliphatic hydroxyl groups excluding tert-OH is 1. The summed E-state index contributed by atoms with van der Waals surface area (Å²) in [6.45, 7) is 0. The molecule has 0 bridgehead atoms. The highest BCUT2D eigenvalue weighted by molar-refractivity contribution is 6.07. The molecule has 0 radical (unpaired) electrons. The Morgan fingerprint density at radius 2 is 2.04 bits per heavy atom. The number of aryl methyl sites for hydroxylation is 2. The van der Waals surface area contributed by atoms with E-state index in [-0.39, 0.29) is 24.0 Å². The molecule has 1 saturated carbocycles. The van der Waals surface area contributed by atoms with E-state index in [1.165, 1.54) is 0 Å². The lowest BCUT2D eigenvalue weighted by molar-refractivity contribution is 0.0235. The van der Waals surface area contributed by atoms with Crippen molar-refractivity contribution in [1.82, 2.24) is 19.7 Å². The molecule has 3 aromatic rings. The van der Waals surface area contributed by atoms with Gasteiger partial charge in [-0.25, -0.2) is 0 Å². The summed E-state index contributed by atoms with van der Waals surface area (Å²) in [7, 11) is 3.81. The van der Waals surface area contributed by atoms with Crippen molar-refractivity contribution in [3.05, 3.63) is 54.0 Å². The minimum atomic E-state index is -0.265. The van der Waals surface area contributed by atoms with Gasteiger partial charge in [0.1, 0.15) is 0 Å². The summed E-state index contributed by atoms with van der Waals surface area (Å²) in [5, 5.41) is 18.0. The van der Waals surface area contributed by atoms with Crippen molar-refractivity contribution in [2.45, 2.75) is 25.0 Å². The third-order valence-electron chi connectivity index (χ3n) is 5.13. The molecule has 130 valence electrons. The molecule has 1 amide bonds. The van der Waals surface area contributed by atoms with Crippen molar-refractivity contribution in [3.8, 4) is 0 Å². The lowest BCUT2D eigenvalue weighted by Gasteiger charge is -2.37. The van der Waals surface area contributed by atoms with Crippen molar-refractivity contribution in [2.24, 2.45) is 20.0 Å². The maximum atomic E-state index is 13.0. The third-order valence-corrected chi connectivity index (χ3v) is 5.13. The van der Waals surface area contributed by atoms with Gasteiger partial charge in [-0.1, -0.05) is 18.2 Å². The minimum absolute atomic E-state index is 0.0907. The number of carbonyl (C=O) groups excluding carboxylic acids is 1. The van der Waals surface area contributed by atoms with Crippen molar-refractivity contribution < 1.29 is 9.90 Å². The molecule has 6 nitrogen and oxygen atoms in total. The molecule has 0 spiro atoms. The van der Waals surface area contributed by atoms with Crippen LogP contribution in [0.4, 0.5) is 0 Å². The number of aromatic nitrogens is 3. The molecule has 1 aliphatic rings. The van der Waals surface area contributed by atoms with E-state index in [1.807, 2.05) is 55.3 Å². The van der Waals surface area contributed by atoms with Gasteiger partial charge in [0, 0.05) is 43.0 Å². The summed E-state index contributed by atoms with van der Waals surface area (Å²) in [6.07, 6.45) is 6.73. The lowest BCUT2D eigenvalue weighted by atomic mass is 9.75. The van der Waals surface area contributed by atoms with Gasteiger partial charge in [-0.05, 0) is 24.8 Å². The Kier molecular flexibility index (Phi) is 3.84. The molecular weight excluding hydrogens is 316 g/mol. The second-order valence-electron chi connectivity index (χ2n) is 6.95. The summed E-state index contributed by atoms with van der Waals surface area (Å²) in [6, 6.07) is 7.75. The van der Waals surface area contributed by atoms with E-state index in [0.29, 0.717) is 18.4 Å². The van der Waals surface area contributed by atoms with Gasteiger partial charge in [-0.3, -0.25) is 9.48 Å². The maximum Gasteiger partial charge on any atom is 0.253 e. The van der Waals surface area contributed by atoms with Crippen molar-refractivity contribution >= 4 is 16.8 Å². The molecule has 1 aromatic carbocycles. The highest BCUT2D eigenvalue weighted by Gasteiger charge is 2.36. The zero-order valence-corrected chi connectivity index (χ0v) is 14.4. The van der Waals surface area contributed by atoms with Crippen LogP contribution in [0.3, 0.4) is 0 Å². The number of nitrogens with zero attached hydrogens (tertiary/aromatic N) is 3. The van der Waals surface area contributed by atoms with Crippen LogP contribution in [0.5, 0.6) is 0 Å². The van der Waals surface area contributed by atoms with Gasteiger partial charge in [0.25, 0.3) is 5.91 Å². The summed E-state index contributed by atoms with van der Waals surface area (Å²) < 4.78 is 3.71. The first-order valence-electron chi connectivity index (χ1n) is 8.54. The van der Waals surface area contributed by atoms with E-state index in [1.54, 1.807) is 10.9 Å². The Hall–Kier alpha value is -2.60. The van der Waals surface area contributed by atoms with E-state index >= 15 is 0 Å². The zero-order valence-electron chi connectivity index (χ0n) is 14.4. The van der Waals surface area contributed by atoms with Crippen LogP contribution < -0.4 is 5.32 Å². The van der Waals surface area contributed by atoms with Crippen molar-refractivity contribution in [3.63, 3.8) is 0 Å². The SMILES string of the molecule is Cn1cc([C@@H](NC(=O)c2cn(C)c3ccccc23)C2CC(O)C2)cn1. The van der Waals surface area contributed by atoms with Crippen LogP contribution in [0.15, 0.2) is 42.9 Å². The Balaban J connectivity index is 1.64. The molecule has 0 saturated heterocycles. The topological polar surface area (TPSA) is 72.1 Å². The molecule has 1 fully saturated rings. The van der Waals surface area contributed by atoms with Crippen molar-refractivity contribution in [2.75, 3.05) is 0 Å². The number of hydrogen-bond acceptors (Lipinski definition) is 3. The molecule has 6 heteroatoms. The Morgan fingerprint density at radius 3 is 2.72 bits per heavy atom. The first-order valence-corrected chi connectivity index (χ1v) is 8.54. The van der Waals surface area contributed by atoms with E-state index in [2.05, 4.69) is 10.4 Å². The molecule has 0 aliphatic heterocycles. The molecule has 1 atom stereocenters. The van der Waals surface area contributed by atoms with Crippen LogP contribution >= 0.6 is 0 Å². The van der Waals surface area contributed by atoms with Crippen molar-refractivity contribution in [1.29, 1.82) is 0 Å². The average molecular weight is 338 g/mol. The molecular formula is C19H22N4O2. The Labute approximate surface area is 146 Å². The number of amides is 1. The fraction of sp³-hybridized carbons (Fsp3) is 0.368. The van der Waals surface area contributed by atoms with Gasteiger partial charge in [0.2, 0.25) is 0 Å². The number of hydrogen-bond donors (Lipinski definition) is 2. The second-order valence-corrected chi connectivity index (χ2v) is 6.95. The molecule has 4 rings (SSSR count). The molecule has 2 heterocycles. The van der Waals surface area contributed by atoms with Crippen LogP contribution in [-0.2, 0) is 14.1 Å². The van der Waals surface area contributed by atoms with E-state index < -0.39 is 0 Å². The van der Waals surface area contributed by atoms with Gasteiger partial charge >= 0.3 is 0 Å². The predicted octanol–water partition coefficient (Wildman–Crippen LogP) is 2.15. The first-order chi connectivity index (χ1) is 12.0. The van der Waals surface area contributed by atoms with E-state index in [0.717, 1.165) is 16.5 Å². The van der Waals surface area contributed by atoms with Gasteiger partial charge in [0.15, 0.2) is 0 Å². The average Bonchev–Trinajstić information content (AvgIpc) is 3.14. The maximum absolute atomic E-state index is 13.0. The number of aliphatic hydroxyl groups is 1. The number of rotatable bonds is 4. The van der Waals surface area contributed by atoms with Gasteiger partial charge in [-0.2, -0.15) is 5.10 Å². The lowest BCUT2D eigenvalue weighted by Crippen LogP contribution is -2.41. The highest BCUT2D eigenvalue weighted by Crippen LogP contribution is 2.38. The normalized spacial score (nSPS) is 21.1. The summed E-state index contributed by atoms with van der Waals surface area (Å²) in [4.78, 5) is 13.0. The fourth-order valence-electron chi connectivity index (χ4n) is 3.72. The number of fused-ring (bicyclic) bond motifs is 1. The molecule has 2 N–H and O–H groups in total. The standard InChI is InChI=1S/C19H22N4O2/c1-22-11-16(15-5-3-4-6-17(15)22)19(25)21-18(12-7-14(24)8-12)13-9-20-23(2)10-13/h3-6,9-12,14,18,24H,7-8H2,1-2H3,(H,21,25)/t12?,14?,18-/m0/s1. The Bertz CT molecular complexity index is 921. The molecule has 1 aliphatic carbocycles. The van der Waals surface area contributed by atoms with Crippen LogP contribution in [-0.4, -0.2) is 31.5 Å². The van der Waals surface area contributed by atoms with Gasteiger partial charge < -0.3 is 15.0 Å². The second kappa shape index (κ2) is 6.04. The predicted molar refractivity (Wildman–Crippen MR) is 95.1 cm³/mol. The smallest absolute Gasteiger partial charge is 0.253 e. The number of nitrogens with one attached hydrogen (secondary N) is 1. The van der Waals surface area contributed by atoms with Gasteiger partial charge in [-0.15, -0.1) is 0 Å². The quantitative estimate of drug-likeness (QED) is 0.766. The van der Waals surface area contributed by atoms with E-state index in [4.69, 9.17) is 0 Å². The van der Waals surface area contributed by atoms with Crippen LogP contribution in [0.25, 0.3) is 10.9 Å². The minimum Gasteiger partial charge on any atom is -0.393 e. The largest absolute Gasteiger partial charge is 0.393 e. The van der Waals surface area contributed by atoms with Crippen LogP contribution in [0.1, 0.15) is 34.8 Å². The number of benzene rings is 1. The highest BCUT2D eigenvalue weighted by atomic mass is 16.3. The zero-order chi connectivity index (χ0) is 17.6. The monoisotopic (exact) mass is 338 g/mol. The number of carbonyl (C=O) groups is 1. The first kappa shape index (κ1) is 15.9. The molecule has 2 aromatic heterocycles. The van der Waals surface area contributed by atoms with Crippen LogP contribution in [0, 0.1) is 5.92 Å². The summed E-state index contributed by atoms with van der Waals surface area (Å²) in [5.41, 5.74) is 2.68. The Morgan fingerprint density at radius 1 is 1.28 bits per heavy atom. The van der Waals surface area contributed by atoms with E-state index in [9.17, 15) is 9.90 Å². The third kappa shape index (κ3) is 2.82. The number of para-hydroxylation sites is 1. The molecule has 25 heavy (non-hydrogen) atoms. The fourth-order valence-corrected chi connectivity index (χ4v) is 3.72.